The van der Waals surface area contributed by atoms with Gasteiger partial charge < -0.3 is 14.2 Å². The van der Waals surface area contributed by atoms with Gasteiger partial charge in [-0.25, -0.2) is 4.79 Å². The molecule has 0 aliphatic heterocycles. The van der Waals surface area contributed by atoms with Crippen LogP contribution in [0.1, 0.15) is 69.8 Å². The molecule has 0 aliphatic rings. The van der Waals surface area contributed by atoms with Gasteiger partial charge in [0.2, 0.25) is 0 Å². The van der Waals surface area contributed by atoms with Crippen molar-refractivity contribution in [2.75, 3.05) is 13.2 Å². The Morgan fingerprint density at radius 3 is 2.10 bits per heavy atom. The third-order valence-corrected chi connectivity index (χ3v) is 4.93. The molecule has 0 saturated carbocycles. The first kappa shape index (κ1) is 23.9. The van der Waals surface area contributed by atoms with Crippen LogP contribution in [0.15, 0.2) is 54.6 Å². The molecule has 0 N–H and O–H groups in total. The summed E-state index contributed by atoms with van der Waals surface area (Å²) >= 11 is 0. The van der Waals surface area contributed by atoms with E-state index >= 15 is 0 Å². The van der Waals surface area contributed by atoms with Gasteiger partial charge in [0, 0.05) is 0 Å². The van der Waals surface area contributed by atoms with Crippen LogP contribution in [0, 0.1) is 11.3 Å². The van der Waals surface area contributed by atoms with Crippen LogP contribution < -0.4 is 4.74 Å². The molecule has 2 rings (SSSR count). The maximum Gasteiger partial charge on any atom is 0.338 e. The van der Waals surface area contributed by atoms with Crippen LogP contribution in [0.5, 0.6) is 5.75 Å². The van der Waals surface area contributed by atoms with E-state index in [4.69, 9.17) is 14.2 Å². The smallest absolute Gasteiger partial charge is 0.338 e. The molecule has 2 atom stereocenters. The molecular weight excluding hydrogens is 376 g/mol. The lowest BCUT2D eigenvalue weighted by Crippen LogP contribution is -2.20. The van der Waals surface area contributed by atoms with Crippen LogP contribution in [-0.2, 0) is 9.47 Å². The van der Waals surface area contributed by atoms with Crippen LogP contribution in [-0.4, -0.2) is 25.5 Å². The molecule has 0 bridgehead atoms. The van der Waals surface area contributed by atoms with Gasteiger partial charge in [-0.2, -0.15) is 0 Å². The molecule has 0 aromatic heterocycles. The first-order chi connectivity index (χ1) is 14.2. The number of hydrogen-bond donors (Lipinski definition) is 0. The van der Waals surface area contributed by atoms with E-state index in [0.29, 0.717) is 17.4 Å². The van der Waals surface area contributed by atoms with Crippen LogP contribution in [0.2, 0.25) is 0 Å². The van der Waals surface area contributed by atoms with Gasteiger partial charge in [-0.15, -0.1) is 0 Å². The van der Waals surface area contributed by atoms with Crippen molar-refractivity contribution in [3.8, 4) is 5.75 Å². The Hall–Kier alpha value is -2.33. The highest BCUT2D eigenvalue weighted by Crippen LogP contribution is 2.36. The fourth-order valence-corrected chi connectivity index (χ4v) is 3.42. The van der Waals surface area contributed by atoms with E-state index in [1.54, 1.807) is 24.3 Å². The predicted molar refractivity (Wildman–Crippen MR) is 121 cm³/mol. The zero-order chi connectivity index (χ0) is 22.1. The SMILES string of the molecule is CC(OCCOC(=O)c1ccccc1)Oc1ccc(C(CC(C)(C)C)C(C)C)cc1. The van der Waals surface area contributed by atoms with E-state index < -0.39 is 6.29 Å². The Balaban J connectivity index is 1.78. The largest absolute Gasteiger partial charge is 0.465 e. The number of benzene rings is 2. The Morgan fingerprint density at radius 2 is 1.53 bits per heavy atom. The monoisotopic (exact) mass is 412 g/mol. The molecule has 0 saturated heterocycles. The predicted octanol–water partition coefficient (Wildman–Crippen LogP) is 6.46. The summed E-state index contributed by atoms with van der Waals surface area (Å²) in [6.45, 7) is 13.7. The summed E-state index contributed by atoms with van der Waals surface area (Å²) in [5.41, 5.74) is 2.16. The molecule has 30 heavy (non-hydrogen) atoms. The summed E-state index contributed by atoms with van der Waals surface area (Å²) in [4.78, 5) is 11.9. The number of rotatable bonds is 10. The lowest BCUT2D eigenvalue weighted by atomic mass is 9.76. The van der Waals surface area contributed by atoms with Gasteiger partial charge in [0.05, 0.1) is 12.2 Å². The first-order valence-electron chi connectivity index (χ1n) is 10.8. The van der Waals surface area contributed by atoms with Crippen molar-refractivity contribution in [3.05, 3.63) is 65.7 Å². The molecular formula is C26H36O4. The summed E-state index contributed by atoms with van der Waals surface area (Å²) < 4.78 is 16.7. The summed E-state index contributed by atoms with van der Waals surface area (Å²) in [5.74, 6) is 1.52. The topological polar surface area (TPSA) is 44.8 Å². The van der Waals surface area contributed by atoms with Crippen molar-refractivity contribution >= 4 is 5.97 Å². The molecule has 164 valence electrons. The molecule has 0 fully saturated rings. The molecule has 0 heterocycles. The lowest BCUT2D eigenvalue weighted by Gasteiger charge is -2.29. The fourth-order valence-electron chi connectivity index (χ4n) is 3.42. The average molecular weight is 413 g/mol. The van der Waals surface area contributed by atoms with Crippen molar-refractivity contribution in [1.82, 2.24) is 0 Å². The molecule has 4 nitrogen and oxygen atoms in total. The van der Waals surface area contributed by atoms with E-state index in [0.717, 1.165) is 12.2 Å². The minimum atomic E-state index is -0.429. The Kier molecular flexibility index (Phi) is 8.91. The average Bonchev–Trinajstić information content (AvgIpc) is 2.70. The zero-order valence-corrected chi connectivity index (χ0v) is 19.2. The van der Waals surface area contributed by atoms with Gasteiger partial charge in [0.1, 0.15) is 12.4 Å². The first-order valence-corrected chi connectivity index (χ1v) is 10.8. The Labute approximate surface area is 181 Å². The van der Waals surface area contributed by atoms with Gasteiger partial charge >= 0.3 is 5.97 Å². The molecule has 0 amide bonds. The second-order valence-electron chi connectivity index (χ2n) is 9.24. The number of carbonyl (C=O) groups excluding carboxylic acids is 1. The standard InChI is InChI=1S/C26H36O4/c1-19(2)24(18-26(4,5)6)21-12-14-23(15-13-21)30-20(3)28-16-17-29-25(27)22-10-8-7-9-11-22/h7-15,19-20,24H,16-18H2,1-6H3. The molecule has 0 spiro atoms. The van der Waals surface area contributed by atoms with Crippen molar-refractivity contribution in [1.29, 1.82) is 0 Å². The van der Waals surface area contributed by atoms with Gasteiger partial charge in [-0.1, -0.05) is 65.0 Å². The van der Waals surface area contributed by atoms with Crippen molar-refractivity contribution in [2.24, 2.45) is 11.3 Å². The molecule has 2 aromatic rings. The second kappa shape index (κ2) is 11.2. The highest BCUT2D eigenvalue weighted by atomic mass is 16.7. The zero-order valence-electron chi connectivity index (χ0n) is 19.2. The molecule has 0 radical (unpaired) electrons. The van der Waals surface area contributed by atoms with Crippen molar-refractivity contribution in [2.45, 2.75) is 60.2 Å². The normalized spacial score (nSPS) is 13.7. The molecule has 4 heteroatoms. The fraction of sp³-hybridized carbons (Fsp3) is 0.500. The minimum absolute atomic E-state index is 0.184. The van der Waals surface area contributed by atoms with Crippen molar-refractivity contribution in [3.63, 3.8) is 0 Å². The summed E-state index contributed by atoms with van der Waals surface area (Å²) in [5, 5.41) is 0. The van der Waals surface area contributed by atoms with E-state index in [1.807, 2.05) is 25.1 Å². The molecule has 2 unspecified atom stereocenters. The number of esters is 1. The highest BCUT2D eigenvalue weighted by molar-refractivity contribution is 5.89. The van der Waals surface area contributed by atoms with E-state index in [1.165, 1.54) is 5.56 Å². The van der Waals surface area contributed by atoms with E-state index in [9.17, 15) is 4.79 Å². The summed E-state index contributed by atoms with van der Waals surface area (Å²) in [6.07, 6.45) is 0.716. The Morgan fingerprint density at radius 1 is 0.900 bits per heavy atom. The highest BCUT2D eigenvalue weighted by Gasteiger charge is 2.23. The number of hydrogen-bond acceptors (Lipinski definition) is 4. The van der Waals surface area contributed by atoms with Crippen molar-refractivity contribution < 1.29 is 19.0 Å². The number of carbonyl (C=O) groups is 1. The van der Waals surface area contributed by atoms with Crippen LogP contribution >= 0.6 is 0 Å². The maximum absolute atomic E-state index is 11.9. The van der Waals surface area contributed by atoms with Crippen LogP contribution in [0.25, 0.3) is 0 Å². The van der Waals surface area contributed by atoms with Crippen LogP contribution in [0.4, 0.5) is 0 Å². The Bertz CT molecular complexity index is 760. The quantitative estimate of drug-likeness (QED) is 0.255. The second-order valence-corrected chi connectivity index (χ2v) is 9.24. The third-order valence-electron chi connectivity index (χ3n) is 4.93. The molecule has 2 aromatic carbocycles. The minimum Gasteiger partial charge on any atom is -0.465 e. The maximum atomic E-state index is 11.9. The van der Waals surface area contributed by atoms with Crippen LogP contribution in [0.3, 0.4) is 0 Å². The van der Waals surface area contributed by atoms with Gasteiger partial charge in [0.15, 0.2) is 6.29 Å². The third kappa shape index (κ3) is 8.19. The summed E-state index contributed by atoms with van der Waals surface area (Å²) in [6, 6.07) is 17.2. The van der Waals surface area contributed by atoms with Gasteiger partial charge in [0.25, 0.3) is 0 Å². The van der Waals surface area contributed by atoms with Gasteiger partial charge in [-0.05, 0) is 60.4 Å². The van der Waals surface area contributed by atoms with E-state index in [2.05, 4.69) is 46.8 Å². The lowest BCUT2D eigenvalue weighted by molar-refractivity contribution is -0.0784. The van der Waals surface area contributed by atoms with E-state index in [-0.39, 0.29) is 24.6 Å². The summed E-state index contributed by atoms with van der Waals surface area (Å²) in [7, 11) is 0. The van der Waals surface area contributed by atoms with Gasteiger partial charge in [-0.3, -0.25) is 0 Å². The number of ether oxygens (including phenoxy) is 3. The molecule has 0 aliphatic carbocycles.